The third kappa shape index (κ3) is 5.08. The second-order valence-electron chi connectivity index (χ2n) is 9.27. The maximum atomic E-state index is 12.0. The number of hydrogen-bond donors (Lipinski definition) is 0. The third-order valence-corrected chi connectivity index (χ3v) is 7.26. The molecule has 1 heterocycles. The van der Waals surface area contributed by atoms with E-state index in [1.54, 1.807) is 14.1 Å². The number of halogens is 1. The van der Waals surface area contributed by atoms with Crippen molar-refractivity contribution >= 4 is 18.5 Å². The van der Waals surface area contributed by atoms with Crippen LogP contribution in [0.4, 0.5) is 4.79 Å². The fourth-order valence-electron chi connectivity index (χ4n) is 5.77. The van der Waals surface area contributed by atoms with Gasteiger partial charge in [0.15, 0.2) is 0 Å². The number of amides is 1. The van der Waals surface area contributed by atoms with Gasteiger partial charge in [0.2, 0.25) is 0 Å². The first-order valence-corrected chi connectivity index (χ1v) is 11.4. The molecular formula is C24H37ClN2O2. The van der Waals surface area contributed by atoms with Crippen LogP contribution in [0.5, 0.6) is 5.75 Å². The Labute approximate surface area is 182 Å². The van der Waals surface area contributed by atoms with Gasteiger partial charge < -0.3 is 9.64 Å². The maximum absolute atomic E-state index is 12.0. The fourth-order valence-corrected chi connectivity index (χ4v) is 5.77. The molecule has 0 N–H and O–H groups in total. The minimum Gasteiger partial charge on any atom is -0.410 e. The first kappa shape index (κ1) is 22.4. The quantitative estimate of drug-likeness (QED) is 0.618. The van der Waals surface area contributed by atoms with Gasteiger partial charge in [-0.05, 0) is 68.3 Å². The molecule has 1 saturated heterocycles. The zero-order chi connectivity index (χ0) is 19.5. The van der Waals surface area contributed by atoms with Crippen LogP contribution in [0.1, 0.15) is 74.8 Å². The third-order valence-electron chi connectivity index (χ3n) is 7.26. The predicted octanol–water partition coefficient (Wildman–Crippen LogP) is 5.63. The molecule has 0 spiro atoms. The van der Waals surface area contributed by atoms with Crippen LogP contribution in [0.25, 0.3) is 0 Å². The van der Waals surface area contributed by atoms with Gasteiger partial charge in [-0.1, -0.05) is 44.2 Å². The fraction of sp³-hybridized carbons (Fsp3) is 0.708. The zero-order valence-corrected chi connectivity index (χ0v) is 18.9. The van der Waals surface area contributed by atoms with Crippen LogP contribution in [0, 0.1) is 5.92 Å². The van der Waals surface area contributed by atoms with E-state index in [0.717, 1.165) is 18.1 Å². The van der Waals surface area contributed by atoms with Crippen molar-refractivity contribution in [3.8, 4) is 5.75 Å². The number of carbonyl (C=O) groups excluding carboxylic acids is 1. The van der Waals surface area contributed by atoms with Crippen molar-refractivity contribution in [1.29, 1.82) is 0 Å². The normalized spacial score (nSPS) is 24.3. The molecule has 4 nitrogen and oxygen atoms in total. The van der Waals surface area contributed by atoms with Gasteiger partial charge in [-0.2, -0.15) is 0 Å². The lowest BCUT2D eigenvalue weighted by molar-refractivity contribution is 0.170. The summed E-state index contributed by atoms with van der Waals surface area (Å²) in [6, 6.07) is 6.96. The Hall–Kier alpha value is -1.26. The summed E-state index contributed by atoms with van der Waals surface area (Å²) in [6.45, 7) is 2.49. The van der Waals surface area contributed by atoms with Gasteiger partial charge in [0.1, 0.15) is 5.75 Å². The summed E-state index contributed by atoms with van der Waals surface area (Å²) in [5.74, 6) is 2.37. The molecule has 1 amide bonds. The highest BCUT2D eigenvalue weighted by Crippen LogP contribution is 2.44. The molecule has 1 aromatic carbocycles. The summed E-state index contributed by atoms with van der Waals surface area (Å²) < 4.78 is 5.65. The number of nitrogens with zero attached hydrogens (tertiary/aromatic N) is 2. The summed E-state index contributed by atoms with van der Waals surface area (Å²) in [6.07, 6.45) is 13.3. The van der Waals surface area contributed by atoms with Crippen molar-refractivity contribution < 1.29 is 9.53 Å². The Bertz CT molecular complexity index is 687. The van der Waals surface area contributed by atoms with E-state index in [1.165, 1.54) is 86.9 Å². The molecule has 0 radical (unpaired) electrons. The second kappa shape index (κ2) is 10.2. The average Bonchev–Trinajstić information content (AvgIpc) is 3.12. The van der Waals surface area contributed by atoms with Crippen LogP contribution in [0.2, 0.25) is 0 Å². The Morgan fingerprint density at radius 1 is 1.14 bits per heavy atom. The van der Waals surface area contributed by atoms with Gasteiger partial charge in [0, 0.05) is 26.1 Å². The summed E-state index contributed by atoms with van der Waals surface area (Å²) in [7, 11) is 3.46. The largest absolute Gasteiger partial charge is 0.414 e. The van der Waals surface area contributed by atoms with Crippen LogP contribution in [-0.4, -0.2) is 49.1 Å². The van der Waals surface area contributed by atoms with Crippen molar-refractivity contribution in [1.82, 2.24) is 9.80 Å². The summed E-state index contributed by atoms with van der Waals surface area (Å²) >= 11 is 0. The topological polar surface area (TPSA) is 32.8 Å². The summed E-state index contributed by atoms with van der Waals surface area (Å²) in [5.41, 5.74) is 2.69. The van der Waals surface area contributed by atoms with E-state index in [0.29, 0.717) is 12.0 Å². The minimum absolute atomic E-state index is 0. The van der Waals surface area contributed by atoms with Gasteiger partial charge in [-0.25, -0.2) is 4.79 Å². The SMILES string of the molecule is CN(C)C(=O)Oc1cccc2c1CCC1C2CCN1CCCC1CCCCC1.Cl. The van der Waals surface area contributed by atoms with Gasteiger partial charge in [0.25, 0.3) is 0 Å². The zero-order valence-electron chi connectivity index (χ0n) is 18.1. The number of ether oxygens (including phenoxy) is 1. The van der Waals surface area contributed by atoms with Gasteiger partial charge in [0.05, 0.1) is 0 Å². The van der Waals surface area contributed by atoms with E-state index >= 15 is 0 Å². The van der Waals surface area contributed by atoms with Crippen LogP contribution >= 0.6 is 12.4 Å². The highest BCUT2D eigenvalue weighted by molar-refractivity contribution is 5.85. The molecule has 2 unspecified atom stereocenters. The summed E-state index contributed by atoms with van der Waals surface area (Å²) in [5, 5.41) is 0. The second-order valence-corrected chi connectivity index (χ2v) is 9.27. The van der Waals surface area contributed by atoms with Gasteiger partial charge in [-0.3, -0.25) is 4.90 Å². The molecule has 4 rings (SSSR count). The molecule has 2 atom stereocenters. The number of carbonyl (C=O) groups is 1. The van der Waals surface area contributed by atoms with Crippen LogP contribution in [0.3, 0.4) is 0 Å². The number of rotatable bonds is 5. The predicted molar refractivity (Wildman–Crippen MR) is 120 cm³/mol. The lowest BCUT2D eigenvalue weighted by Crippen LogP contribution is -2.36. The summed E-state index contributed by atoms with van der Waals surface area (Å²) in [4.78, 5) is 16.3. The van der Waals surface area contributed by atoms with E-state index in [1.807, 2.05) is 6.07 Å². The first-order valence-electron chi connectivity index (χ1n) is 11.4. The lowest BCUT2D eigenvalue weighted by atomic mass is 9.79. The average molecular weight is 421 g/mol. The van der Waals surface area contributed by atoms with E-state index in [2.05, 4.69) is 17.0 Å². The first-order chi connectivity index (χ1) is 13.6. The van der Waals surface area contributed by atoms with Crippen molar-refractivity contribution in [2.45, 2.75) is 76.2 Å². The van der Waals surface area contributed by atoms with E-state index < -0.39 is 0 Å². The van der Waals surface area contributed by atoms with Gasteiger partial charge in [-0.15, -0.1) is 12.4 Å². The molecule has 3 aliphatic rings. The van der Waals surface area contributed by atoms with Crippen molar-refractivity contribution in [3.05, 3.63) is 29.3 Å². The van der Waals surface area contributed by atoms with Crippen LogP contribution in [-0.2, 0) is 6.42 Å². The van der Waals surface area contributed by atoms with Crippen molar-refractivity contribution in [2.24, 2.45) is 5.92 Å². The smallest absolute Gasteiger partial charge is 0.410 e. The van der Waals surface area contributed by atoms with E-state index in [4.69, 9.17) is 4.74 Å². The molecule has 1 aromatic rings. The van der Waals surface area contributed by atoms with E-state index in [9.17, 15) is 4.79 Å². The molecule has 2 aliphatic carbocycles. The number of likely N-dealkylation sites (tertiary alicyclic amines) is 1. The number of hydrogen-bond acceptors (Lipinski definition) is 3. The maximum Gasteiger partial charge on any atom is 0.414 e. The highest BCUT2D eigenvalue weighted by Gasteiger charge is 2.39. The molecule has 1 saturated carbocycles. The number of benzene rings is 1. The Morgan fingerprint density at radius 3 is 2.69 bits per heavy atom. The monoisotopic (exact) mass is 420 g/mol. The molecule has 0 aromatic heterocycles. The molecular weight excluding hydrogens is 384 g/mol. The lowest BCUT2D eigenvalue weighted by Gasteiger charge is -2.34. The Kier molecular flexibility index (Phi) is 7.86. The van der Waals surface area contributed by atoms with E-state index in [-0.39, 0.29) is 18.5 Å². The number of fused-ring (bicyclic) bond motifs is 3. The molecule has 0 bridgehead atoms. The molecule has 1 aliphatic heterocycles. The van der Waals surface area contributed by atoms with Gasteiger partial charge >= 0.3 is 6.09 Å². The Balaban J connectivity index is 0.00000240. The minimum atomic E-state index is -0.286. The molecule has 162 valence electrons. The van der Waals surface area contributed by atoms with Crippen LogP contribution in [0.15, 0.2) is 18.2 Å². The standard InChI is InChI=1S/C24H36N2O2.ClH/c1-25(2)24(27)28-23-12-6-11-19-20-15-17-26(22(20)14-13-21(19)23)16-7-10-18-8-4-3-5-9-18;/h6,11-12,18,20,22H,3-5,7-10,13-17H2,1-2H3;1H. The Morgan fingerprint density at radius 2 is 1.93 bits per heavy atom. The molecule has 29 heavy (non-hydrogen) atoms. The highest BCUT2D eigenvalue weighted by atomic mass is 35.5. The molecule has 5 heteroatoms. The van der Waals surface area contributed by atoms with Crippen molar-refractivity contribution in [2.75, 3.05) is 27.2 Å². The van der Waals surface area contributed by atoms with Crippen LogP contribution < -0.4 is 4.74 Å². The molecule has 2 fully saturated rings. The van der Waals surface area contributed by atoms with Crippen molar-refractivity contribution in [3.63, 3.8) is 0 Å².